The highest BCUT2D eigenvalue weighted by Gasteiger charge is 2.23. The Balaban J connectivity index is 1.69. The van der Waals surface area contributed by atoms with E-state index in [0.717, 1.165) is 22.3 Å². The van der Waals surface area contributed by atoms with Gasteiger partial charge in [-0.3, -0.25) is 9.78 Å². The van der Waals surface area contributed by atoms with E-state index in [-0.39, 0.29) is 5.91 Å². The Bertz CT molecular complexity index is 989. The molecule has 0 atom stereocenters. The average Bonchev–Trinajstić information content (AvgIpc) is 2.74. The van der Waals surface area contributed by atoms with Crippen molar-refractivity contribution in [3.8, 4) is 11.4 Å². The van der Waals surface area contributed by atoms with Gasteiger partial charge in [0.05, 0.1) is 5.52 Å². The van der Waals surface area contributed by atoms with E-state index >= 15 is 0 Å². The molecule has 2 aromatic heterocycles. The van der Waals surface area contributed by atoms with Gasteiger partial charge in [-0.1, -0.05) is 11.6 Å². The zero-order valence-electron chi connectivity index (χ0n) is 15.4. The standard InChI is InChI=1S/C20H21ClN6O/c21-15-3-4-17-16(12-15)20(25-19(24-17)14-2-1-7-23-13-14)27-10-8-26(9-11-27)18(28)5-6-22/h1-4,7,12-13H,5-6,8-11,22H2. The van der Waals surface area contributed by atoms with Crippen LogP contribution in [0, 0.1) is 0 Å². The number of hydrogen-bond acceptors (Lipinski definition) is 6. The van der Waals surface area contributed by atoms with Crippen molar-refractivity contribution < 1.29 is 4.79 Å². The lowest BCUT2D eigenvalue weighted by atomic mass is 10.2. The number of carbonyl (C=O) groups is 1. The molecule has 4 rings (SSSR count). The van der Waals surface area contributed by atoms with Gasteiger partial charge in [-0.15, -0.1) is 0 Å². The fourth-order valence-electron chi connectivity index (χ4n) is 3.40. The molecule has 0 aliphatic carbocycles. The lowest BCUT2D eigenvalue weighted by Crippen LogP contribution is -2.49. The molecular formula is C20H21ClN6O. The van der Waals surface area contributed by atoms with Gasteiger partial charge in [0.1, 0.15) is 5.82 Å². The Morgan fingerprint density at radius 1 is 1.14 bits per heavy atom. The summed E-state index contributed by atoms with van der Waals surface area (Å²) in [5, 5.41) is 1.55. The van der Waals surface area contributed by atoms with Crippen molar-refractivity contribution in [2.75, 3.05) is 37.6 Å². The lowest BCUT2D eigenvalue weighted by Gasteiger charge is -2.36. The quantitative estimate of drug-likeness (QED) is 0.728. The van der Waals surface area contributed by atoms with Crippen LogP contribution in [0.3, 0.4) is 0 Å². The van der Waals surface area contributed by atoms with Gasteiger partial charge < -0.3 is 15.5 Å². The Morgan fingerprint density at radius 3 is 2.68 bits per heavy atom. The second-order valence-corrected chi connectivity index (χ2v) is 7.12. The summed E-state index contributed by atoms with van der Waals surface area (Å²) >= 11 is 6.24. The van der Waals surface area contributed by atoms with E-state index in [2.05, 4.69) is 9.88 Å². The van der Waals surface area contributed by atoms with Crippen molar-refractivity contribution in [2.24, 2.45) is 5.73 Å². The Kier molecular flexibility index (Phi) is 5.36. The van der Waals surface area contributed by atoms with Crippen LogP contribution in [0.25, 0.3) is 22.3 Å². The molecule has 1 aliphatic heterocycles. The third kappa shape index (κ3) is 3.76. The van der Waals surface area contributed by atoms with Gasteiger partial charge in [0.25, 0.3) is 0 Å². The minimum Gasteiger partial charge on any atom is -0.352 e. The van der Waals surface area contributed by atoms with Crippen molar-refractivity contribution in [3.05, 3.63) is 47.7 Å². The molecule has 0 unspecified atom stereocenters. The summed E-state index contributed by atoms with van der Waals surface area (Å²) in [6.45, 7) is 3.06. The molecule has 0 bridgehead atoms. The van der Waals surface area contributed by atoms with E-state index in [9.17, 15) is 4.79 Å². The zero-order valence-corrected chi connectivity index (χ0v) is 16.1. The van der Waals surface area contributed by atoms with Gasteiger partial charge in [-0.05, 0) is 30.3 Å². The summed E-state index contributed by atoms with van der Waals surface area (Å²) in [6.07, 6.45) is 3.87. The summed E-state index contributed by atoms with van der Waals surface area (Å²) in [6, 6.07) is 9.44. The second-order valence-electron chi connectivity index (χ2n) is 6.68. The molecule has 1 aromatic carbocycles. The van der Waals surface area contributed by atoms with E-state index in [1.165, 1.54) is 0 Å². The summed E-state index contributed by atoms with van der Waals surface area (Å²) in [4.78, 5) is 29.9. The van der Waals surface area contributed by atoms with Gasteiger partial charge in [0, 0.05) is 67.5 Å². The van der Waals surface area contributed by atoms with Crippen LogP contribution in [0.4, 0.5) is 5.82 Å². The van der Waals surface area contributed by atoms with Crippen molar-refractivity contribution in [3.63, 3.8) is 0 Å². The minimum absolute atomic E-state index is 0.105. The molecule has 1 saturated heterocycles. The van der Waals surface area contributed by atoms with Gasteiger partial charge >= 0.3 is 0 Å². The highest BCUT2D eigenvalue weighted by Crippen LogP contribution is 2.30. The van der Waals surface area contributed by atoms with E-state index in [1.807, 2.05) is 35.2 Å². The minimum atomic E-state index is 0.105. The molecular weight excluding hydrogens is 376 g/mol. The van der Waals surface area contributed by atoms with Crippen LogP contribution in [0.1, 0.15) is 6.42 Å². The van der Waals surface area contributed by atoms with E-state index in [4.69, 9.17) is 27.3 Å². The number of anilines is 1. The van der Waals surface area contributed by atoms with Gasteiger partial charge in [0.2, 0.25) is 5.91 Å². The van der Waals surface area contributed by atoms with Crippen LogP contribution in [-0.4, -0.2) is 58.5 Å². The van der Waals surface area contributed by atoms with Crippen LogP contribution in [0.5, 0.6) is 0 Å². The monoisotopic (exact) mass is 396 g/mol. The number of hydrogen-bond donors (Lipinski definition) is 1. The number of nitrogens with zero attached hydrogens (tertiary/aromatic N) is 5. The molecule has 1 fully saturated rings. The smallest absolute Gasteiger partial charge is 0.223 e. The van der Waals surface area contributed by atoms with Crippen LogP contribution in [0.15, 0.2) is 42.7 Å². The molecule has 1 aliphatic rings. The Hall–Kier alpha value is -2.77. The molecule has 0 spiro atoms. The third-order valence-corrected chi connectivity index (χ3v) is 5.08. The van der Waals surface area contributed by atoms with Crippen molar-refractivity contribution in [2.45, 2.75) is 6.42 Å². The van der Waals surface area contributed by atoms with Gasteiger partial charge in [-0.25, -0.2) is 9.97 Å². The first-order valence-corrected chi connectivity index (χ1v) is 9.64. The van der Waals surface area contributed by atoms with Crippen molar-refractivity contribution >= 4 is 34.2 Å². The molecule has 1 amide bonds. The van der Waals surface area contributed by atoms with Crippen molar-refractivity contribution in [1.82, 2.24) is 19.9 Å². The predicted octanol–water partition coefficient (Wildman–Crippen LogP) is 2.34. The van der Waals surface area contributed by atoms with Gasteiger partial charge in [-0.2, -0.15) is 0 Å². The highest BCUT2D eigenvalue weighted by atomic mass is 35.5. The number of pyridine rings is 1. The topological polar surface area (TPSA) is 88.2 Å². The molecule has 2 N–H and O–H groups in total. The number of halogens is 1. The maximum Gasteiger partial charge on any atom is 0.223 e. The first-order valence-electron chi connectivity index (χ1n) is 9.26. The Labute approximate surface area is 168 Å². The van der Waals surface area contributed by atoms with E-state index in [1.54, 1.807) is 12.4 Å². The molecule has 7 nitrogen and oxygen atoms in total. The largest absolute Gasteiger partial charge is 0.352 e. The molecule has 3 heterocycles. The number of benzene rings is 1. The van der Waals surface area contributed by atoms with Gasteiger partial charge in [0.15, 0.2) is 5.82 Å². The number of nitrogens with two attached hydrogens (primary N) is 1. The fraction of sp³-hybridized carbons (Fsp3) is 0.300. The predicted molar refractivity (Wildman–Crippen MR) is 110 cm³/mol. The van der Waals surface area contributed by atoms with Crippen LogP contribution >= 0.6 is 11.6 Å². The number of rotatable bonds is 4. The SMILES string of the molecule is NCCC(=O)N1CCN(c2nc(-c3cccnc3)nc3ccc(Cl)cc23)CC1. The summed E-state index contributed by atoms with van der Waals surface area (Å²) in [7, 11) is 0. The average molecular weight is 397 g/mol. The lowest BCUT2D eigenvalue weighted by molar-refractivity contribution is -0.131. The Morgan fingerprint density at radius 2 is 1.96 bits per heavy atom. The van der Waals surface area contributed by atoms with E-state index in [0.29, 0.717) is 50.0 Å². The van der Waals surface area contributed by atoms with E-state index < -0.39 is 0 Å². The molecule has 28 heavy (non-hydrogen) atoms. The third-order valence-electron chi connectivity index (χ3n) is 4.85. The van der Waals surface area contributed by atoms with Crippen LogP contribution in [-0.2, 0) is 4.79 Å². The second kappa shape index (κ2) is 8.08. The summed E-state index contributed by atoms with van der Waals surface area (Å²) in [5.74, 6) is 1.56. The number of amides is 1. The number of fused-ring (bicyclic) bond motifs is 1. The maximum absolute atomic E-state index is 12.1. The fourth-order valence-corrected chi connectivity index (χ4v) is 3.57. The summed E-state index contributed by atoms with van der Waals surface area (Å²) in [5.41, 5.74) is 7.20. The van der Waals surface area contributed by atoms with Crippen molar-refractivity contribution in [1.29, 1.82) is 0 Å². The van der Waals surface area contributed by atoms with Crippen LogP contribution in [0.2, 0.25) is 5.02 Å². The maximum atomic E-state index is 12.1. The molecule has 8 heteroatoms. The zero-order chi connectivity index (χ0) is 19.5. The molecule has 3 aromatic rings. The highest BCUT2D eigenvalue weighted by molar-refractivity contribution is 6.31. The number of piperazine rings is 1. The number of carbonyl (C=O) groups excluding carboxylic acids is 1. The normalized spacial score (nSPS) is 14.5. The first kappa shape index (κ1) is 18.6. The first-order chi connectivity index (χ1) is 13.7. The molecule has 0 saturated carbocycles. The summed E-state index contributed by atoms with van der Waals surface area (Å²) < 4.78 is 0. The van der Waals surface area contributed by atoms with Crippen LogP contribution < -0.4 is 10.6 Å². The number of aromatic nitrogens is 3. The molecule has 0 radical (unpaired) electrons. The molecule has 144 valence electrons.